The van der Waals surface area contributed by atoms with Gasteiger partial charge in [-0.2, -0.15) is 0 Å². The molecule has 0 amide bonds. The van der Waals surface area contributed by atoms with Gasteiger partial charge in [-0.25, -0.2) is 4.98 Å². The fraction of sp³-hybridized carbons (Fsp3) is 0.400. The lowest BCUT2D eigenvalue weighted by Crippen LogP contribution is -1.87. The van der Waals surface area contributed by atoms with Gasteiger partial charge in [-0.05, 0) is 6.92 Å². The van der Waals surface area contributed by atoms with Crippen molar-refractivity contribution in [2.45, 2.75) is 6.92 Å². The fourth-order valence-corrected chi connectivity index (χ4v) is 0.527. The minimum atomic E-state index is 0.463. The summed E-state index contributed by atoms with van der Waals surface area (Å²) in [5.41, 5.74) is 5.29. The Hall–Kier alpha value is -0.990. The van der Waals surface area contributed by atoms with E-state index in [1.165, 1.54) is 0 Å². The smallest absolute Gasteiger partial charge is 0.151 e. The Morgan fingerprint density at radius 1 is 1.75 bits per heavy atom. The van der Waals surface area contributed by atoms with Gasteiger partial charge in [0.2, 0.25) is 0 Å². The van der Waals surface area contributed by atoms with Crippen LogP contribution in [0.4, 0.5) is 5.82 Å². The molecule has 43 valence electrons. The quantitative estimate of drug-likeness (QED) is 0.515. The Labute approximate surface area is 48.1 Å². The summed E-state index contributed by atoms with van der Waals surface area (Å²) in [6.07, 6.45) is 2.79. The number of aryl methyl sites for hydroxylation is 2. The van der Waals surface area contributed by atoms with Crippen LogP contribution in [0.25, 0.3) is 0 Å². The summed E-state index contributed by atoms with van der Waals surface area (Å²) in [6, 6.07) is 0. The number of nitrogens with zero attached hydrogens (tertiary/aromatic N) is 2. The van der Waals surface area contributed by atoms with E-state index in [1.54, 1.807) is 4.57 Å². The maximum Gasteiger partial charge on any atom is 0.151 e. The number of nitrogens with two attached hydrogens (primary N) is 1. The molecule has 0 atom stereocenters. The van der Waals surface area contributed by atoms with E-state index in [9.17, 15) is 0 Å². The number of rotatable bonds is 0. The second-order valence-corrected chi connectivity index (χ2v) is 1.72. The predicted molar refractivity (Wildman–Crippen MR) is 31.2 cm³/mol. The highest BCUT2D eigenvalue weighted by Crippen LogP contribution is 1.97. The van der Waals surface area contributed by atoms with Crippen molar-refractivity contribution in [1.82, 2.24) is 9.55 Å². The van der Waals surface area contributed by atoms with E-state index in [0.717, 1.165) is 5.82 Å². The van der Waals surface area contributed by atoms with Crippen LogP contribution in [0.3, 0.4) is 0 Å². The fourth-order valence-electron chi connectivity index (χ4n) is 0.527. The van der Waals surface area contributed by atoms with E-state index < -0.39 is 0 Å². The molecule has 0 aliphatic heterocycles. The van der Waals surface area contributed by atoms with Crippen LogP contribution in [0.15, 0.2) is 0 Å². The van der Waals surface area contributed by atoms with E-state index in [0.29, 0.717) is 5.82 Å². The molecule has 0 spiro atoms. The topological polar surface area (TPSA) is 43.8 Å². The monoisotopic (exact) mass is 110 g/mol. The van der Waals surface area contributed by atoms with Gasteiger partial charge in [-0.15, -0.1) is 0 Å². The molecule has 0 aliphatic carbocycles. The first-order valence-corrected chi connectivity index (χ1v) is 2.38. The van der Waals surface area contributed by atoms with Crippen molar-refractivity contribution < 1.29 is 0 Å². The first-order valence-electron chi connectivity index (χ1n) is 2.38. The molecule has 3 heteroatoms. The summed E-state index contributed by atoms with van der Waals surface area (Å²) in [7, 11) is 1.86. The number of aromatic nitrogens is 2. The van der Waals surface area contributed by atoms with Crippen molar-refractivity contribution in [2.24, 2.45) is 7.05 Å². The van der Waals surface area contributed by atoms with Crippen LogP contribution in [-0.4, -0.2) is 9.55 Å². The summed E-state index contributed by atoms with van der Waals surface area (Å²) >= 11 is 0. The van der Waals surface area contributed by atoms with Crippen LogP contribution in [0.2, 0.25) is 0 Å². The highest BCUT2D eigenvalue weighted by atomic mass is 15.1. The zero-order valence-electron chi connectivity index (χ0n) is 4.97. The van der Waals surface area contributed by atoms with Crippen molar-refractivity contribution >= 4 is 5.82 Å². The summed E-state index contributed by atoms with van der Waals surface area (Å²) in [5, 5.41) is 0. The number of nitrogen functional groups attached to an aromatic ring is 1. The Morgan fingerprint density at radius 3 is 2.50 bits per heavy atom. The van der Waals surface area contributed by atoms with E-state index in [4.69, 9.17) is 5.73 Å². The highest BCUT2D eigenvalue weighted by molar-refractivity contribution is 5.23. The van der Waals surface area contributed by atoms with Gasteiger partial charge in [-0.1, -0.05) is 0 Å². The lowest BCUT2D eigenvalue weighted by atomic mass is 10.7. The van der Waals surface area contributed by atoms with Crippen LogP contribution < -0.4 is 5.73 Å². The molecule has 0 unspecified atom stereocenters. The molecule has 3 nitrogen and oxygen atoms in total. The van der Waals surface area contributed by atoms with Gasteiger partial charge in [0.15, 0.2) is 5.82 Å². The minimum absolute atomic E-state index is 0.463. The number of anilines is 1. The molecular weight excluding hydrogens is 102 g/mol. The standard InChI is InChI=1S/C5H8N3/c1-4-7-5(6)3-8(4)2/h6H2,1-2H3. The van der Waals surface area contributed by atoms with Crippen molar-refractivity contribution in [3.8, 4) is 0 Å². The lowest BCUT2D eigenvalue weighted by Gasteiger charge is -1.86. The summed E-state index contributed by atoms with van der Waals surface area (Å²) < 4.78 is 1.76. The molecule has 0 saturated carbocycles. The Bertz CT molecular complexity index is 170. The van der Waals surface area contributed by atoms with Crippen LogP contribution in [0.1, 0.15) is 5.82 Å². The molecule has 1 aromatic rings. The number of hydrogen-bond donors (Lipinski definition) is 1. The Morgan fingerprint density at radius 2 is 2.38 bits per heavy atom. The van der Waals surface area contributed by atoms with E-state index in [-0.39, 0.29) is 0 Å². The SMILES string of the molecule is Cc1nc(N)[c]n1C. The normalized spacial score (nSPS) is 9.75. The van der Waals surface area contributed by atoms with E-state index in [1.807, 2.05) is 14.0 Å². The van der Waals surface area contributed by atoms with Crippen molar-refractivity contribution in [1.29, 1.82) is 0 Å². The van der Waals surface area contributed by atoms with Crippen molar-refractivity contribution in [3.63, 3.8) is 0 Å². The van der Waals surface area contributed by atoms with Crippen molar-refractivity contribution in [3.05, 3.63) is 12.0 Å². The molecule has 0 aromatic carbocycles. The Kier molecular flexibility index (Phi) is 0.970. The van der Waals surface area contributed by atoms with Gasteiger partial charge in [0.05, 0.1) is 0 Å². The van der Waals surface area contributed by atoms with Crippen LogP contribution in [0, 0.1) is 13.1 Å². The zero-order valence-corrected chi connectivity index (χ0v) is 4.97. The summed E-state index contributed by atoms with van der Waals surface area (Å²) in [5.74, 6) is 1.35. The molecule has 0 saturated heterocycles. The molecule has 1 heterocycles. The molecular formula is C5H8N3. The van der Waals surface area contributed by atoms with Gasteiger partial charge < -0.3 is 10.3 Å². The second kappa shape index (κ2) is 1.51. The maximum absolute atomic E-state index is 5.29. The van der Waals surface area contributed by atoms with Crippen LogP contribution in [0.5, 0.6) is 0 Å². The Balaban J connectivity index is 3.14. The van der Waals surface area contributed by atoms with E-state index in [2.05, 4.69) is 11.2 Å². The molecule has 8 heavy (non-hydrogen) atoms. The second-order valence-electron chi connectivity index (χ2n) is 1.72. The van der Waals surface area contributed by atoms with E-state index >= 15 is 0 Å². The molecule has 1 radical (unpaired) electrons. The number of hydrogen-bond acceptors (Lipinski definition) is 2. The molecule has 1 rings (SSSR count). The summed E-state index contributed by atoms with van der Waals surface area (Å²) in [4.78, 5) is 3.90. The van der Waals surface area contributed by atoms with Crippen LogP contribution in [-0.2, 0) is 7.05 Å². The van der Waals surface area contributed by atoms with Gasteiger partial charge >= 0.3 is 0 Å². The van der Waals surface area contributed by atoms with Crippen molar-refractivity contribution in [2.75, 3.05) is 5.73 Å². The minimum Gasteiger partial charge on any atom is -0.382 e. The van der Waals surface area contributed by atoms with Crippen LogP contribution >= 0.6 is 0 Å². The first-order chi connectivity index (χ1) is 3.70. The average Bonchev–Trinajstić information content (AvgIpc) is 1.85. The zero-order chi connectivity index (χ0) is 6.15. The van der Waals surface area contributed by atoms with Gasteiger partial charge in [0, 0.05) is 7.05 Å². The predicted octanol–water partition coefficient (Wildman–Crippen LogP) is 0.111. The average molecular weight is 110 g/mol. The summed E-state index contributed by atoms with van der Waals surface area (Å²) in [6.45, 7) is 1.88. The molecule has 1 aromatic heterocycles. The van der Waals surface area contributed by atoms with Gasteiger partial charge in [-0.3, -0.25) is 0 Å². The lowest BCUT2D eigenvalue weighted by molar-refractivity contribution is 0.852. The molecule has 0 fully saturated rings. The molecule has 2 N–H and O–H groups in total. The third-order valence-corrected chi connectivity index (χ3v) is 1.05. The largest absolute Gasteiger partial charge is 0.382 e. The molecule has 0 bridgehead atoms. The number of imidazole rings is 1. The third kappa shape index (κ3) is 0.665. The molecule has 0 aliphatic rings. The third-order valence-electron chi connectivity index (χ3n) is 1.05. The van der Waals surface area contributed by atoms with Gasteiger partial charge in [0.1, 0.15) is 12.0 Å². The first kappa shape index (κ1) is 5.15. The highest BCUT2D eigenvalue weighted by Gasteiger charge is 1.93. The maximum atomic E-state index is 5.29. The van der Waals surface area contributed by atoms with Gasteiger partial charge in [0.25, 0.3) is 0 Å².